The summed E-state index contributed by atoms with van der Waals surface area (Å²) < 4.78 is 0. The number of carbonyl (C=O) groups is 2. The Balaban J connectivity index is 1.96. The van der Waals surface area contributed by atoms with Crippen LogP contribution < -0.4 is 5.73 Å². The molecule has 0 spiro atoms. The topological polar surface area (TPSA) is 83.6 Å². The molecule has 1 saturated carbocycles. The third kappa shape index (κ3) is 3.95. The Hall–Kier alpha value is -1.10. The van der Waals surface area contributed by atoms with Gasteiger partial charge >= 0.3 is 5.97 Å². The van der Waals surface area contributed by atoms with Crippen LogP contribution in [0.15, 0.2) is 0 Å². The summed E-state index contributed by atoms with van der Waals surface area (Å²) >= 11 is 0. The number of piperidine rings is 1. The largest absolute Gasteiger partial charge is 0.481 e. The first-order valence-corrected chi connectivity index (χ1v) is 7.76. The molecular formula is C15H26N2O3. The lowest BCUT2D eigenvalue weighted by molar-refractivity contribution is -0.142. The van der Waals surface area contributed by atoms with Crippen LogP contribution in [0.3, 0.4) is 0 Å². The van der Waals surface area contributed by atoms with E-state index in [1.165, 1.54) is 0 Å². The van der Waals surface area contributed by atoms with Crippen molar-refractivity contribution in [3.63, 3.8) is 0 Å². The van der Waals surface area contributed by atoms with Crippen molar-refractivity contribution < 1.29 is 14.7 Å². The summed E-state index contributed by atoms with van der Waals surface area (Å²) in [5.74, 6) is -0.652. The summed E-state index contributed by atoms with van der Waals surface area (Å²) in [6.45, 7) is 1.45. The van der Waals surface area contributed by atoms with Crippen molar-refractivity contribution in [2.24, 2.45) is 11.1 Å². The fourth-order valence-electron chi connectivity index (χ4n) is 3.62. The molecule has 5 nitrogen and oxygen atoms in total. The number of hydrogen-bond donors (Lipinski definition) is 2. The maximum Gasteiger partial charge on any atom is 0.303 e. The number of nitrogens with zero attached hydrogens (tertiary/aromatic N) is 1. The first kappa shape index (κ1) is 15.3. The molecule has 5 heteroatoms. The highest BCUT2D eigenvalue weighted by molar-refractivity contribution is 5.78. The Morgan fingerprint density at radius 1 is 1.10 bits per heavy atom. The minimum atomic E-state index is -0.777. The van der Waals surface area contributed by atoms with E-state index < -0.39 is 5.97 Å². The van der Waals surface area contributed by atoms with Crippen LogP contribution >= 0.6 is 0 Å². The predicted octanol–water partition coefficient (Wildman–Crippen LogP) is 1.75. The molecule has 0 unspecified atom stereocenters. The average molecular weight is 282 g/mol. The Bertz CT molecular complexity index is 356. The van der Waals surface area contributed by atoms with E-state index in [2.05, 4.69) is 0 Å². The van der Waals surface area contributed by atoms with Gasteiger partial charge in [-0.3, -0.25) is 9.59 Å². The molecule has 0 aromatic rings. The molecule has 1 saturated heterocycles. The van der Waals surface area contributed by atoms with E-state index in [0.717, 1.165) is 58.0 Å². The van der Waals surface area contributed by atoms with E-state index in [1.807, 2.05) is 4.90 Å². The molecule has 1 aliphatic carbocycles. The van der Waals surface area contributed by atoms with Gasteiger partial charge in [0.05, 0.1) is 6.42 Å². The van der Waals surface area contributed by atoms with Gasteiger partial charge in [-0.2, -0.15) is 0 Å². The lowest BCUT2D eigenvalue weighted by Crippen LogP contribution is -2.45. The van der Waals surface area contributed by atoms with Gasteiger partial charge in [0.2, 0.25) is 5.91 Å². The van der Waals surface area contributed by atoms with Crippen LogP contribution in [0.4, 0.5) is 0 Å². The van der Waals surface area contributed by atoms with Gasteiger partial charge in [0.1, 0.15) is 0 Å². The molecule has 3 N–H and O–H groups in total. The molecule has 0 atom stereocenters. The highest BCUT2D eigenvalue weighted by atomic mass is 16.4. The van der Waals surface area contributed by atoms with Crippen molar-refractivity contribution in [1.29, 1.82) is 0 Å². The summed E-state index contributed by atoms with van der Waals surface area (Å²) in [5, 5.41) is 9.15. The molecule has 0 aromatic carbocycles. The number of carbonyl (C=O) groups excluding carboxylic acids is 1. The highest BCUT2D eigenvalue weighted by Gasteiger charge is 2.37. The zero-order chi connectivity index (χ0) is 14.6. The SMILES string of the molecule is NC1CCN(C(=O)CC2(CC(=O)O)CCCCC2)CC1. The van der Waals surface area contributed by atoms with Crippen LogP contribution in [0.25, 0.3) is 0 Å². The molecule has 2 aliphatic rings. The fraction of sp³-hybridized carbons (Fsp3) is 0.867. The standard InChI is InChI=1S/C15H26N2O3/c16-12-4-8-17(9-5-12)13(18)10-15(11-14(19)20)6-2-1-3-7-15/h12H,1-11,16H2,(H,19,20). The third-order valence-corrected chi connectivity index (χ3v) is 4.86. The first-order chi connectivity index (χ1) is 9.51. The van der Waals surface area contributed by atoms with Crippen LogP contribution in [0.5, 0.6) is 0 Å². The van der Waals surface area contributed by atoms with Crippen molar-refractivity contribution in [3.05, 3.63) is 0 Å². The van der Waals surface area contributed by atoms with Gasteiger partial charge in [0.15, 0.2) is 0 Å². The second-order valence-electron chi connectivity index (χ2n) is 6.53. The normalized spacial score (nSPS) is 23.6. The van der Waals surface area contributed by atoms with Crippen molar-refractivity contribution in [2.75, 3.05) is 13.1 Å². The number of likely N-dealkylation sites (tertiary alicyclic amines) is 1. The maximum atomic E-state index is 12.5. The van der Waals surface area contributed by atoms with E-state index in [4.69, 9.17) is 10.8 Å². The molecule has 1 amide bonds. The Kier molecular flexibility index (Phi) is 5.02. The number of amides is 1. The molecule has 1 aliphatic heterocycles. The first-order valence-electron chi connectivity index (χ1n) is 7.76. The van der Waals surface area contributed by atoms with Gasteiger partial charge in [0, 0.05) is 25.6 Å². The van der Waals surface area contributed by atoms with Crippen LogP contribution in [0.2, 0.25) is 0 Å². The number of carboxylic acid groups (broad SMARTS) is 1. The average Bonchev–Trinajstić information content (AvgIpc) is 2.39. The second kappa shape index (κ2) is 6.57. The van der Waals surface area contributed by atoms with Gasteiger partial charge in [-0.15, -0.1) is 0 Å². The monoisotopic (exact) mass is 282 g/mol. The second-order valence-corrected chi connectivity index (χ2v) is 6.53. The molecule has 20 heavy (non-hydrogen) atoms. The maximum absolute atomic E-state index is 12.5. The van der Waals surface area contributed by atoms with E-state index in [-0.39, 0.29) is 23.8 Å². The molecule has 0 aromatic heterocycles. The molecule has 0 bridgehead atoms. The minimum absolute atomic E-state index is 0.125. The minimum Gasteiger partial charge on any atom is -0.481 e. The Labute approximate surface area is 120 Å². The van der Waals surface area contributed by atoms with Crippen LogP contribution in [-0.2, 0) is 9.59 Å². The van der Waals surface area contributed by atoms with Gasteiger partial charge in [-0.1, -0.05) is 19.3 Å². The lowest BCUT2D eigenvalue weighted by atomic mass is 9.69. The van der Waals surface area contributed by atoms with Crippen LogP contribution in [0, 0.1) is 5.41 Å². The van der Waals surface area contributed by atoms with Crippen LogP contribution in [0.1, 0.15) is 57.8 Å². The van der Waals surface area contributed by atoms with Gasteiger partial charge in [-0.25, -0.2) is 0 Å². The lowest BCUT2D eigenvalue weighted by Gasteiger charge is -2.38. The molecule has 1 heterocycles. The summed E-state index contributed by atoms with van der Waals surface area (Å²) in [7, 11) is 0. The smallest absolute Gasteiger partial charge is 0.303 e. The van der Waals surface area contributed by atoms with Crippen LogP contribution in [-0.4, -0.2) is 41.0 Å². The van der Waals surface area contributed by atoms with E-state index >= 15 is 0 Å². The summed E-state index contributed by atoms with van der Waals surface area (Å²) in [4.78, 5) is 25.5. The molecule has 2 rings (SSSR count). The Morgan fingerprint density at radius 3 is 2.25 bits per heavy atom. The molecule has 0 radical (unpaired) electrons. The zero-order valence-electron chi connectivity index (χ0n) is 12.1. The summed E-state index contributed by atoms with van der Waals surface area (Å²) in [6.07, 6.45) is 7.25. The van der Waals surface area contributed by atoms with Gasteiger partial charge in [-0.05, 0) is 31.1 Å². The van der Waals surface area contributed by atoms with Gasteiger partial charge in [0.25, 0.3) is 0 Å². The van der Waals surface area contributed by atoms with Crippen molar-refractivity contribution in [2.45, 2.75) is 63.8 Å². The number of carboxylic acids is 1. The summed E-state index contributed by atoms with van der Waals surface area (Å²) in [5.41, 5.74) is 5.55. The number of aliphatic carboxylic acids is 1. The van der Waals surface area contributed by atoms with Crippen molar-refractivity contribution >= 4 is 11.9 Å². The van der Waals surface area contributed by atoms with Gasteiger partial charge < -0.3 is 15.7 Å². The quantitative estimate of drug-likeness (QED) is 0.823. The highest BCUT2D eigenvalue weighted by Crippen LogP contribution is 2.42. The number of hydrogen-bond acceptors (Lipinski definition) is 3. The molecule has 114 valence electrons. The fourth-order valence-corrected chi connectivity index (χ4v) is 3.62. The molecular weight excluding hydrogens is 256 g/mol. The van der Waals surface area contributed by atoms with Crippen molar-refractivity contribution in [1.82, 2.24) is 4.90 Å². The number of nitrogens with two attached hydrogens (primary N) is 1. The predicted molar refractivity (Wildman–Crippen MR) is 76.2 cm³/mol. The third-order valence-electron chi connectivity index (χ3n) is 4.86. The van der Waals surface area contributed by atoms with Crippen molar-refractivity contribution in [3.8, 4) is 0 Å². The van der Waals surface area contributed by atoms with E-state index in [1.54, 1.807) is 0 Å². The van der Waals surface area contributed by atoms with E-state index in [9.17, 15) is 9.59 Å². The number of rotatable bonds is 4. The Morgan fingerprint density at radius 2 is 1.70 bits per heavy atom. The summed E-state index contributed by atoms with van der Waals surface area (Å²) in [6, 6.07) is 0.210. The zero-order valence-corrected chi connectivity index (χ0v) is 12.1. The molecule has 2 fully saturated rings. The van der Waals surface area contributed by atoms with E-state index in [0.29, 0.717) is 6.42 Å².